The SMILES string of the molecule is Cc1cc(C(=O)CSC(C)C)c(C)n1-c1ccc(F)cc1. The fourth-order valence-electron chi connectivity index (χ4n) is 2.35. The third kappa shape index (κ3) is 3.56. The topological polar surface area (TPSA) is 22.0 Å². The van der Waals surface area contributed by atoms with Gasteiger partial charge in [0.15, 0.2) is 5.78 Å². The number of Topliss-reactive ketones (excluding diaryl/α,β-unsaturated/α-hetero) is 1. The molecule has 0 radical (unpaired) electrons. The zero-order valence-corrected chi connectivity index (χ0v) is 13.6. The van der Waals surface area contributed by atoms with Crippen LogP contribution in [0.2, 0.25) is 0 Å². The molecule has 2 nitrogen and oxygen atoms in total. The average Bonchev–Trinajstić information content (AvgIpc) is 2.73. The molecule has 0 amide bonds. The van der Waals surface area contributed by atoms with E-state index in [1.807, 2.05) is 24.5 Å². The van der Waals surface area contributed by atoms with Gasteiger partial charge in [0.25, 0.3) is 0 Å². The Balaban J connectivity index is 2.33. The van der Waals surface area contributed by atoms with Crippen LogP contribution in [-0.4, -0.2) is 21.4 Å². The van der Waals surface area contributed by atoms with E-state index in [4.69, 9.17) is 0 Å². The Bertz CT molecular complexity index is 644. The molecule has 0 saturated heterocycles. The first-order chi connectivity index (χ1) is 9.90. The quantitative estimate of drug-likeness (QED) is 0.756. The number of nitrogens with zero attached hydrogens (tertiary/aromatic N) is 1. The van der Waals surface area contributed by atoms with Gasteiger partial charge in [-0.25, -0.2) is 4.39 Å². The molecule has 0 aliphatic rings. The number of halogens is 1. The lowest BCUT2D eigenvalue weighted by molar-refractivity contribution is 0.102. The second-order valence-electron chi connectivity index (χ2n) is 5.38. The van der Waals surface area contributed by atoms with Crippen molar-refractivity contribution in [2.24, 2.45) is 0 Å². The molecule has 112 valence electrons. The van der Waals surface area contributed by atoms with Gasteiger partial charge in [-0.1, -0.05) is 13.8 Å². The number of benzene rings is 1. The number of aryl methyl sites for hydroxylation is 1. The van der Waals surface area contributed by atoms with E-state index >= 15 is 0 Å². The summed E-state index contributed by atoms with van der Waals surface area (Å²) in [6.07, 6.45) is 0. The lowest BCUT2D eigenvalue weighted by Gasteiger charge is -2.10. The molecule has 0 aliphatic heterocycles. The van der Waals surface area contributed by atoms with Crippen molar-refractivity contribution in [3.63, 3.8) is 0 Å². The Morgan fingerprint density at radius 3 is 2.43 bits per heavy atom. The summed E-state index contributed by atoms with van der Waals surface area (Å²) in [5.41, 5.74) is 3.53. The smallest absolute Gasteiger partial charge is 0.174 e. The van der Waals surface area contributed by atoms with Gasteiger partial charge in [-0.05, 0) is 49.4 Å². The summed E-state index contributed by atoms with van der Waals surface area (Å²) >= 11 is 1.65. The van der Waals surface area contributed by atoms with E-state index in [0.29, 0.717) is 11.0 Å². The van der Waals surface area contributed by atoms with Crippen LogP contribution in [-0.2, 0) is 0 Å². The number of ketones is 1. The van der Waals surface area contributed by atoms with Gasteiger partial charge in [-0.3, -0.25) is 4.79 Å². The highest BCUT2D eigenvalue weighted by molar-refractivity contribution is 8.00. The summed E-state index contributed by atoms with van der Waals surface area (Å²) in [4.78, 5) is 12.3. The molecule has 0 N–H and O–H groups in total. The van der Waals surface area contributed by atoms with Crippen molar-refractivity contribution >= 4 is 17.5 Å². The van der Waals surface area contributed by atoms with E-state index < -0.39 is 0 Å². The molecule has 1 aromatic heterocycles. The monoisotopic (exact) mass is 305 g/mol. The molecule has 2 aromatic rings. The van der Waals surface area contributed by atoms with Crippen LogP contribution < -0.4 is 0 Å². The summed E-state index contributed by atoms with van der Waals surface area (Å²) in [5.74, 6) is 0.381. The van der Waals surface area contributed by atoms with Crippen molar-refractivity contribution < 1.29 is 9.18 Å². The second kappa shape index (κ2) is 6.48. The number of thioether (sulfide) groups is 1. The number of hydrogen-bond acceptors (Lipinski definition) is 2. The molecule has 2 rings (SSSR count). The predicted octanol–water partition coefficient (Wildman–Crippen LogP) is 4.56. The van der Waals surface area contributed by atoms with Crippen molar-refractivity contribution in [3.05, 3.63) is 53.1 Å². The molecule has 0 spiro atoms. The molecule has 0 aliphatic carbocycles. The van der Waals surface area contributed by atoms with E-state index in [1.54, 1.807) is 23.9 Å². The van der Waals surface area contributed by atoms with E-state index in [9.17, 15) is 9.18 Å². The molecule has 4 heteroatoms. The zero-order valence-electron chi connectivity index (χ0n) is 12.8. The second-order valence-corrected chi connectivity index (χ2v) is 6.94. The van der Waals surface area contributed by atoms with Gasteiger partial charge in [-0.2, -0.15) is 11.8 Å². The maximum absolute atomic E-state index is 13.0. The van der Waals surface area contributed by atoms with Crippen LogP contribution in [0.5, 0.6) is 0 Å². The van der Waals surface area contributed by atoms with Gasteiger partial charge in [0.1, 0.15) is 5.82 Å². The van der Waals surface area contributed by atoms with Crippen molar-refractivity contribution in [1.29, 1.82) is 0 Å². The highest BCUT2D eigenvalue weighted by Gasteiger charge is 2.17. The molecule has 21 heavy (non-hydrogen) atoms. The third-order valence-electron chi connectivity index (χ3n) is 3.36. The molecular weight excluding hydrogens is 285 g/mol. The first-order valence-corrected chi connectivity index (χ1v) is 8.04. The number of carbonyl (C=O) groups is 1. The highest BCUT2D eigenvalue weighted by Crippen LogP contribution is 2.23. The van der Waals surface area contributed by atoms with Gasteiger partial charge in [-0.15, -0.1) is 0 Å². The minimum absolute atomic E-state index is 0.148. The average molecular weight is 305 g/mol. The number of rotatable bonds is 5. The van der Waals surface area contributed by atoms with E-state index in [0.717, 1.165) is 22.6 Å². The molecular formula is C17H20FNOS. The fraction of sp³-hybridized carbons (Fsp3) is 0.353. The largest absolute Gasteiger partial charge is 0.318 e. The van der Waals surface area contributed by atoms with Gasteiger partial charge in [0.2, 0.25) is 0 Å². The summed E-state index contributed by atoms with van der Waals surface area (Å²) < 4.78 is 15.0. The Morgan fingerprint density at radius 1 is 1.24 bits per heavy atom. The minimum atomic E-state index is -0.258. The maximum atomic E-state index is 13.0. The number of hydrogen-bond donors (Lipinski definition) is 0. The first-order valence-electron chi connectivity index (χ1n) is 7.00. The molecule has 0 atom stereocenters. The van der Waals surface area contributed by atoms with Gasteiger partial charge < -0.3 is 4.57 Å². The molecule has 1 aromatic carbocycles. The van der Waals surface area contributed by atoms with Gasteiger partial charge in [0.05, 0.1) is 5.75 Å². The standard InChI is InChI=1S/C17H20FNOS/c1-11(2)21-10-17(20)16-9-12(3)19(13(16)4)15-7-5-14(18)6-8-15/h5-9,11H,10H2,1-4H3. The van der Waals surface area contributed by atoms with Crippen molar-refractivity contribution in [1.82, 2.24) is 4.57 Å². The van der Waals surface area contributed by atoms with Gasteiger partial charge in [0, 0.05) is 22.6 Å². The lowest BCUT2D eigenvalue weighted by Crippen LogP contribution is -2.07. The first kappa shape index (κ1) is 15.8. The normalized spacial score (nSPS) is 11.1. The molecule has 0 bridgehead atoms. The fourth-order valence-corrected chi connectivity index (χ4v) is 2.99. The molecule has 1 heterocycles. The molecule has 0 unspecified atom stereocenters. The van der Waals surface area contributed by atoms with Crippen LogP contribution in [0, 0.1) is 19.7 Å². The Morgan fingerprint density at radius 2 is 1.86 bits per heavy atom. The van der Waals surface area contributed by atoms with E-state index in [1.165, 1.54) is 12.1 Å². The predicted molar refractivity (Wildman–Crippen MR) is 87.1 cm³/mol. The highest BCUT2D eigenvalue weighted by atomic mass is 32.2. The third-order valence-corrected chi connectivity index (χ3v) is 4.46. The molecule has 0 saturated carbocycles. The van der Waals surface area contributed by atoms with Crippen molar-refractivity contribution in [3.8, 4) is 5.69 Å². The van der Waals surface area contributed by atoms with E-state index in [-0.39, 0.29) is 11.6 Å². The number of aromatic nitrogens is 1. The number of carbonyl (C=O) groups excluding carboxylic acids is 1. The van der Waals surface area contributed by atoms with Crippen molar-refractivity contribution in [2.75, 3.05) is 5.75 Å². The van der Waals surface area contributed by atoms with E-state index in [2.05, 4.69) is 13.8 Å². The maximum Gasteiger partial charge on any atom is 0.174 e. The summed E-state index contributed by atoms with van der Waals surface area (Å²) in [6.45, 7) is 8.06. The van der Waals surface area contributed by atoms with Crippen LogP contribution >= 0.6 is 11.8 Å². The van der Waals surface area contributed by atoms with Crippen LogP contribution in [0.3, 0.4) is 0 Å². The van der Waals surface area contributed by atoms with Crippen LogP contribution in [0.25, 0.3) is 5.69 Å². The zero-order chi connectivity index (χ0) is 15.6. The Hall–Kier alpha value is -1.55. The molecule has 0 fully saturated rings. The lowest BCUT2D eigenvalue weighted by atomic mass is 10.2. The van der Waals surface area contributed by atoms with Crippen molar-refractivity contribution in [2.45, 2.75) is 32.9 Å². The summed E-state index contributed by atoms with van der Waals surface area (Å²) in [7, 11) is 0. The summed E-state index contributed by atoms with van der Waals surface area (Å²) in [6, 6.07) is 8.25. The van der Waals surface area contributed by atoms with Gasteiger partial charge >= 0.3 is 0 Å². The van der Waals surface area contributed by atoms with Crippen LogP contribution in [0.4, 0.5) is 4.39 Å². The van der Waals surface area contributed by atoms with Crippen LogP contribution in [0.1, 0.15) is 35.6 Å². The minimum Gasteiger partial charge on any atom is -0.318 e. The Kier molecular flexibility index (Phi) is 4.88. The van der Waals surface area contributed by atoms with Crippen LogP contribution in [0.15, 0.2) is 30.3 Å². The summed E-state index contributed by atoms with van der Waals surface area (Å²) in [5, 5.41) is 0.439. The Labute approximate surface area is 129 Å².